The van der Waals surface area contributed by atoms with Crippen molar-refractivity contribution in [2.24, 2.45) is 0 Å². The Morgan fingerprint density at radius 1 is 0.730 bits per heavy atom. The van der Waals surface area contributed by atoms with E-state index >= 15 is 0 Å². The predicted molar refractivity (Wildman–Crippen MR) is 133 cm³/mol. The number of pyridine rings is 1. The lowest BCUT2D eigenvalue weighted by Crippen LogP contribution is -2.19. The first kappa shape index (κ1) is 25.5. The van der Waals surface area contributed by atoms with Gasteiger partial charge in [0.25, 0.3) is 0 Å². The van der Waals surface area contributed by atoms with Crippen molar-refractivity contribution in [1.29, 1.82) is 0 Å². The predicted octanol–water partition coefficient (Wildman–Crippen LogP) is 9.92. The molecule has 12 heteroatoms. The van der Waals surface area contributed by atoms with Crippen molar-refractivity contribution < 1.29 is 26.3 Å². The van der Waals surface area contributed by atoms with Crippen LogP contribution in [-0.4, -0.2) is 9.55 Å². The summed E-state index contributed by atoms with van der Waals surface area (Å²) in [5, 5.41) is 2.17. The van der Waals surface area contributed by atoms with Crippen molar-refractivity contribution in [3.63, 3.8) is 0 Å². The monoisotopic (exact) mass is 573 g/mol. The van der Waals surface area contributed by atoms with Gasteiger partial charge in [0, 0.05) is 26.8 Å². The lowest BCUT2D eigenvalue weighted by molar-refractivity contribution is -0.164. The zero-order chi connectivity index (χ0) is 26.7. The number of nitrogens with zero attached hydrogens (tertiary/aromatic N) is 2. The van der Waals surface area contributed by atoms with Crippen LogP contribution in [0.1, 0.15) is 11.3 Å². The Bertz CT molecular complexity index is 1660. The Kier molecular flexibility index (Phi) is 6.21. The van der Waals surface area contributed by atoms with E-state index in [1.165, 1.54) is 60.7 Å². The summed E-state index contributed by atoms with van der Waals surface area (Å²) >= 11 is 18.3. The van der Waals surface area contributed by atoms with E-state index in [1.54, 1.807) is 0 Å². The van der Waals surface area contributed by atoms with Crippen molar-refractivity contribution in [3.05, 3.63) is 93.1 Å². The first-order chi connectivity index (χ1) is 17.4. The van der Waals surface area contributed by atoms with Crippen LogP contribution in [0.2, 0.25) is 15.1 Å². The zero-order valence-corrected chi connectivity index (χ0v) is 20.4. The average molecular weight is 575 g/mol. The van der Waals surface area contributed by atoms with Crippen molar-refractivity contribution in [3.8, 4) is 5.69 Å². The van der Waals surface area contributed by atoms with E-state index in [2.05, 4.69) is 10.3 Å². The molecule has 0 aliphatic rings. The first-order valence-electron chi connectivity index (χ1n) is 10.5. The van der Waals surface area contributed by atoms with Gasteiger partial charge in [-0.2, -0.15) is 26.3 Å². The highest BCUT2D eigenvalue weighted by molar-refractivity contribution is 6.38. The van der Waals surface area contributed by atoms with Gasteiger partial charge in [-0.25, -0.2) is 4.98 Å². The van der Waals surface area contributed by atoms with Crippen LogP contribution in [0.4, 0.5) is 37.8 Å². The molecule has 0 bridgehead atoms. The zero-order valence-electron chi connectivity index (χ0n) is 18.1. The van der Waals surface area contributed by atoms with Gasteiger partial charge in [-0.05, 0) is 54.6 Å². The molecule has 2 aromatic heterocycles. The quantitative estimate of drug-likeness (QED) is 0.217. The van der Waals surface area contributed by atoms with Crippen LogP contribution in [-0.2, 0) is 12.4 Å². The second kappa shape index (κ2) is 9.01. The van der Waals surface area contributed by atoms with Gasteiger partial charge in [0.2, 0.25) is 0 Å². The van der Waals surface area contributed by atoms with Gasteiger partial charge in [0.15, 0.2) is 0 Å². The number of benzene rings is 3. The third-order valence-electron chi connectivity index (χ3n) is 5.59. The third-order valence-corrected chi connectivity index (χ3v) is 6.40. The largest absolute Gasteiger partial charge is 0.432 e. The normalized spacial score (nSPS) is 12.5. The molecule has 1 N–H and O–H groups in total. The maximum absolute atomic E-state index is 14.5. The molecule has 0 atom stereocenters. The molecule has 190 valence electrons. The fraction of sp³-hybridized carbons (Fsp3) is 0.0800. The van der Waals surface area contributed by atoms with Crippen molar-refractivity contribution in [1.82, 2.24) is 9.55 Å². The van der Waals surface area contributed by atoms with Crippen LogP contribution in [0, 0.1) is 0 Å². The molecule has 0 spiro atoms. The Labute approximate surface area is 220 Å². The summed E-state index contributed by atoms with van der Waals surface area (Å²) in [6.45, 7) is 0. The maximum Gasteiger partial charge on any atom is 0.432 e. The number of nitrogens with one attached hydrogen (secondary N) is 1. The van der Waals surface area contributed by atoms with Gasteiger partial charge in [0.1, 0.15) is 11.5 Å². The highest BCUT2D eigenvalue weighted by atomic mass is 35.5. The van der Waals surface area contributed by atoms with Gasteiger partial charge in [-0.1, -0.05) is 46.9 Å². The van der Waals surface area contributed by atoms with Gasteiger partial charge >= 0.3 is 12.4 Å². The number of alkyl halides is 6. The summed E-state index contributed by atoms with van der Waals surface area (Å²) in [5.74, 6) is -0.439. The number of anilines is 2. The molecule has 0 aliphatic carbocycles. The molecule has 0 aliphatic heterocycles. The number of hydrogen-bond acceptors (Lipinski definition) is 2. The van der Waals surface area contributed by atoms with Gasteiger partial charge in [0.05, 0.1) is 27.0 Å². The summed E-state index contributed by atoms with van der Waals surface area (Å²) in [5.41, 5.74) is -4.14. The highest BCUT2D eigenvalue weighted by Gasteiger charge is 2.50. The van der Waals surface area contributed by atoms with E-state index in [1.807, 2.05) is 0 Å². The molecule has 0 saturated carbocycles. The van der Waals surface area contributed by atoms with Crippen LogP contribution < -0.4 is 5.32 Å². The average Bonchev–Trinajstić information content (AvgIpc) is 3.18. The first-order valence-corrected chi connectivity index (χ1v) is 11.6. The van der Waals surface area contributed by atoms with Gasteiger partial charge < -0.3 is 9.88 Å². The van der Waals surface area contributed by atoms with E-state index in [-0.39, 0.29) is 32.3 Å². The molecule has 5 rings (SSSR count). The Hall–Kier alpha value is -3.14. The molecule has 37 heavy (non-hydrogen) atoms. The molecular weight excluding hydrogens is 563 g/mol. The molecule has 3 aromatic carbocycles. The SMILES string of the molecule is FC(F)(F)c1c(C(F)(F)F)n(-c2cccc(Cl)c2)c2c1c(Nc1ccc(Cl)cc1)nc1cccc(Cl)c12. The van der Waals surface area contributed by atoms with Crippen molar-refractivity contribution in [2.45, 2.75) is 12.4 Å². The molecule has 0 fully saturated rings. The van der Waals surface area contributed by atoms with Crippen molar-refractivity contribution in [2.75, 3.05) is 5.32 Å². The number of fused-ring (bicyclic) bond motifs is 3. The lowest BCUT2D eigenvalue weighted by atomic mass is 10.1. The number of hydrogen-bond donors (Lipinski definition) is 1. The Balaban J connectivity index is 2.05. The lowest BCUT2D eigenvalue weighted by Gasteiger charge is -2.16. The fourth-order valence-electron chi connectivity index (χ4n) is 4.23. The smallest absolute Gasteiger partial charge is 0.340 e. The van der Waals surface area contributed by atoms with E-state index in [0.717, 1.165) is 6.07 Å². The van der Waals surface area contributed by atoms with Crippen molar-refractivity contribution >= 4 is 68.1 Å². The Morgan fingerprint density at radius 2 is 1.41 bits per heavy atom. The molecule has 3 nitrogen and oxygen atoms in total. The molecule has 0 radical (unpaired) electrons. The minimum atomic E-state index is -5.42. The molecule has 0 unspecified atom stereocenters. The summed E-state index contributed by atoms with van der Waals surface area (Å²) in [6, 6.07) is 15.3. The second-order valence-electron chi connectivity index (χ2n) is 7.98. The third kappa shape index (κ3) is 4.56. The highest BCUT2D eigenvalue weighted by Crippen LogP contribution is 2.51. The van der Waals surface area contributed by atoms with E-state index < -0.39 is 40.3 Å². The summed E-state index contributed by atoms with van der Waals surface area (Å²) in [4.78, 5) is 4.27. The number of halogens is 9. The minimum Gasteiger partial charge on any atom is -0.340 e. The molecule has 0 saturated heterocycles. The van der Waals surface area contributed by atoms with E-state index in [4.69, 9.17) is 34.8 Å². The van der Waals surface area contributed by atoms with Gasteiger partial charge in [-0.3, -0.25) is 0 Å². The second-order valence-corrected chi connectivity index (χ2v) is 9.26. The molecule has 2 heterocycles. The summed E-state index contributed by atoms with van der Waals surface area (Å²) in [6.07, 6.45) is -10.8. The Morgan fingerprint density at radius 3 is 2.03 bits per heavy atom. The molecular formula is C25H12Cl3F6N3. The maximum atomic E-state index is 14.5. The topological polar surface area (TPSA) is 29.9 Å². The summed E-state index contributed by atoms with van der Waals surface area (Å²) < 4.78 is 87.7. The summed E-state index contributed by atoms with van der Waals surface area (Å²) in [7, 11) is 0. The standard InChI is InChI=1S/C25H12Cl3F6N3/c26-12-7-9-14(10-8-12)35-23-19-20(24(29,30)31)22(25(32,33)34)37(15-4-1-3-13(27)11-15)21(19)18-16(28)5-2-6-17(18)36-23/h1-11H,(H,35,36). The van der Waals surface area contributed by atoms with Gasteiger partial charge in [-0.15, -0.1) is 0 Å². The van der Waals surface area contributed by atoms with Crippen LogP contribution in [0.25, 0.3) is 27.5 Å². The molecule has 5 aromatic rings. The number of rotatable bonds is 3. The van der Waals surface area contributed by atoms with Crippen LogP contribution in [0.15, 0.2) is 66.7 Å². The van der Waals surface area contributed by atoms with E-state index in [9.17, 15) is 26.3 Å². The van der Waals surface area contributed by atoms with Crippen LogP contribution in [0.3, 0.4) is 0 Å². The fourth-order valence-corrected chi connectivity index (χ4v) is 4.80. The minimum absolute atomic E-state index is 0.0324. The number of aromatic nitrogens is 2. The van der Waals surface area contributed by atoms with Crippen LogP contribution in [0.5, 0.6) is 0 Å². The van der Waals surface area contributed by atoms with E-state index in [0.29, 0.717) is 9.59 Å². The molecule has 0 amide bonds. The van der Waals surface area contributed by atoms with Crippen LogP contribution >= 0.6 is 34.8 Å².